The molecule has 0 atom stereocenters. The van der Waals surface area contributed by atoms with Gasteiger partial charge in [0.25, 0.3) is 5.91 Å². The van der Waals surface area contributed by atoms with Crippen LogP contribution in [0.3, 0.4) is 0 Å². The molecule has 9 heteroatoms. The Morgan fingerprint density at radius 2 is 1.72 bits per heavy atom. The molecule has 18 heavy (non-hydrogen) atoms. The average molecular weight is 332 g/mol. The van der Waals surface area contributed by atoms with E-state index in [4.69, 9.17) is 39.9 Å². The lowest BCUT2D eigenvalue weighted by atomic mass is 10.2. The first-order valence-corrected chi connectivity index (χ1v) is 7.17. The van der Waals surface area contributed by atoms with Crippen LogP contribution in [0, 0.1) is 0 Å². The highest BCUT2D eigenvalue weighted by atomic mass is 35.5. The normalized spacial score (nSPS) is 11.4. The Kier molecular flexibility index (Phi) is 4.51. The van der Waals surface area contributed by atoms with Crippen LogP contribution in [0.15, 0.2) is 11.0 Å². The third-order valence-corrected chi connectivity index (χ3v) is 4.28. The zero-order valence-electron chi connectivity index (χ0n) is 9.37. The fraction of sp³-hybridized carbons (Fsp3) is 0.222. The third-order valence-electron chi connectivity index (χ3n) is 2.05. The molecule has 0 aromatic heterocycles. The summed E-state index contributed by atoms with van der Waals surface area (Å²) in [6, 6.07) is 1.01. The number of carbonyl (C=O) groups is 1. The molecule has 0 aliphatic heterocycles. The van der Waals surface area contributed by atoms with E-state index in [0.29, 0.717) is 0 Å². The highest BCUT2D eigenvalue weighted by Gasteiger charge is 2.26. The molecule has 0 heterocycles. The Hall–Kier alpha value is -0.530. The SMILES string of the molecule is CN(C)C(=O)c1c(Cl)c(Cl)cc(S(N)(=O)=O)c1Cl. The Bertz CT molecular complexity index is 614. The number of benzene rings is 1. The number of carbonyl (C=O) groups excluding carboxylic acids is 1. The van der Waals surface area contributed by atoms with Gasteiger partial charge in [-0.3, -0.25) is 4.79 Å². The van der Waals surface area contributed by atoms with Crippen LogP contribution in [0.2, 0.25) is 15.1 Å². The maximum atomic E-state index is 11.9. The highest BCUT2D eigenvalue weighted by molar-refractivity contribution is 7.89. The van der Waals surface area contributed by atoms with Crippen molar-refractivity contribution in [3.63, 3.8) is 0 Å². The molecule has 0 aliphatic rings. The van der Waals surface area contributed by atoms with Gasteiger partial charge in [-0.2, -0.15) is 0 Å². The summed E-state index contributed by atoms with van der Waals surface area (Å²) in [6.07, 6.45) is 0. The van der Waals surface area contributed by atoms with E-state index in [1.807, 2.05) is 0 Å². The number of nitrogens with zero attached hydrogens (tertiary/aromatic N) is 1. The maximum Gasteiger partial charge on any atom is 0.256 e. The lowest BCUT2D eigenvalue weighted by Crippen LogP contribution is -2.24. The number of hydrogen-bond donors (Lipinski definition) is 1. The van der Waals surface area contributed by atoms with Gasteiger partial charge in [0.05, 0.1) is 20.6 Å². The fourth-order valence-electron chi connectivity index (χ4n) is 1.20. The van der Waals surface area contributed by atoms with Crippen LogP contribution >= 0.6 is 34.8 Å². The molecular weight excluding hydrogens is 323 g/mol. The van der Waals surface area contributed by atoms with Gasteiger partial charge in [-0.1, -0.05) is 34.8 Å². The van der Waals surface area contributed by atoms with Crippen LogP contribution < -0.4 is 5.14 Å². The summed E-state index contributed by atoms with van der Waals surface area (Å²) in [5, 5.41) is 4.41. The standard InChI is InChI=1S/C9H9Cl3N2O3S/c1-14(2)9(15)6-7(11)4(10)3-5(8(6)12)18(13,16)17/h3H,1-2H3,(H2,13,16,17). The molecule has 1 amide bonds. The van der Waals surface area contributed by atoms with Crippen LogP contribution in [0.1, 0.15) is 10.4 Å². The Morgan fingerprint density at radius 3 is 2.11 bits per heavy atom. The second-order valence-electron chi connectivity index (χ2n) is 3.60. The molecule has 0 radical (unpaired) electrons. The predicted molar refractivity (Wildman–Crippen MR) is 70.9 cm³/mol. The molecule has 0 bridgehead atoms. The molecule has 5 nitrogen and oxygen atoms in total. The summed E-state index contributed by atoms with van der Waals surface area (Å²) in [7, 11) is -1.17. The predicted octanol–water partition coefficient (Wildman–Crippen LogP) is 2.00. The second kappa shape index (κ2) is 5.22. The molecule has 0 spiro atoms. The average Bonchev–Trinajstić information content (AvgIpc) is 2.21. The van der Waals surface area contributed by atoms with Gasteiger partial charge in [-0.15, -0.1) is 0 Å². The van der Waals surface area contributed by atoms with Gasteiger partial charge in [0.1, 0.15) is 4.90 Å². The Labute approximate surface area is 119 Å². The van der Waals surface area contributed by atoms with E-state index < -0.39 is 20.8 Å². The largest absolute Gasteiger partial charge is 0.345 e. The van der Waals surface area contributed by atoms with Crippen LogP contribution in [-0.4, -0.2) is 33.3 Å². The topological polar surface area (TPSA) is 80.5 Å². The van der Waals surface area contributed by atoms with E-state index in [0.717, 1.165) is 6.07 Å². The summed E-state index contributed by atoms with van der Waals surface area (Å²) in [5.41, 5.74) is -0.195. The van der Waals surface area contributed by atoms with Gasteiger partial charge in [0.15, 0.2) is 0 Å². The highest BCUT2D eigenvalue weighted by Crippen LogP contribution is 2.36. The van der Waals surface area contributed by atoms with Crippen LogP contribution in [0.5, 0.6) is 0 Å². The van der Waals surface area contributed by atoms with E-state index in [2.05, 4.69) is 0 Å². The van der Waals surface area contributed by atoms with Crippen molar-refractivity contribution >= 4 is 50.7 Å². The molecule has 0 aliphatic carbocycles. The number of nitrogens with two attached hydrogens (primary N) is 1. The zero-order valence-corrected chi connectivity index (χ0v) is 12.5. The smallest absolute Gasteiger partial charge is 0.256 e. The molecular formula is C9H9Cl3N2O3S. The first kappa shape index (κ1) is 15.5. The van der Waals surface area contributed by atoms with Crippen molar-refractivity contribution in [1.82, 2.24) is 4.90 Å². The van der Waals surface area contributed by atoms with Crippen LogP contribution in [-0.2, 0) is 10.0 Å². The summed E-state index contributed by atoms with van der Waals surface area (Å²) >= 11 is 17.5. The number of rotatable bonds is 2. The Balaban J connectivity index is 3.72. The van der Waals surface area contributed by atoms with E-state index in [1.54, 1.807) is 0 Å². The number of halogens is 3. The van der Waals surface area contributed by atoms with Crippen LogP contribution in [0.25, 0.3) is 0 Å². The van der Waals surface area contributed by atoms with Crippen molar-refractivity contribution in [3.8, 4) is 0 Å². The van der Waals surface area contributed by atoms with Crippen molar-refractivity contribution in [2.75, 3.05) is 14.1 Å². The molecule has 1 aromatic carbocycles. The number of primary sulfonamides is 1. The number of hydrogen-bond acceptors (Lipinski definition) is 3. The molecule has 2 N–H and O–H groups in total. The number of sulfonamides is 1. The van der Waals surface area contributed by atoms with E-state index in [1.165, 1.54) is 19.0 Å². The van der Waals surface area contributed by atoms with Crippen LogP contribution in [0.4, 0.5) is 0 Å². The van der Waals surface area contributed by atoms with Gasteiger partial charge in [-0.25, -0.2) is 13.6 Å². The van der Waals surface area contributed by atoms with E-state index >= 15 is 0 Å². The summed E-state index contributed by atoms with van der Waals surface area (Å²) in [4.78, 5) is 12.6. The molecule has 0 saturated heterocycles. The summed E-state index contributed by atoms with van der Waals surface area (Å²) < 4.78 is 22.7. The number of amides is 1. The molecule has 1 rings (SSSR count). The quantitative estimate of drug-likeness (QED) is 0.842. The molecule has 100 valence electrons. The lowest BCUT2D eigenvalue weighted by Gasteiger charge is -2.15. The zero-order chi connectivity index (χ0) is 14.2. The first-order chi connectivity index (χ1) is 8.07. The maximum absolute atomic E-state index is 11.9. The lowest BCUT2D eigenvalue weighted by molar-refractivity contribution is 0.0827. The van der Waals surface area contributed by atoms with Crippen molar-refractivity contribution in [1.29, 1.82) is 0 Å². The monoisotopic (exact) mass is 330 g/mol. The van der Waals surface area contributed by atoms with Gasteiger partial charge in [0, 0.05) is 14.1 Å². The van der Waals surface area contributed by atoms with Crippen molar-refractivity contribution in [3.05, 3.63) is 26.7 Å². The third kappa shape index (κ3) is 2.89. The van der Waals surface area contributed by atoms with Gasteiger partial charge < -0.3 is 4.90 Å². The Morgan fingerprint density at radius 1 is 1.22 bits per heavy atom. The van der Waals surface area contributed by atoms with E-state index in [-0.39, 0.29) is 20.6 Å². The molecule has 0 unspecified atom stereocenters. The summed E-state index contributed by atoms with van der Waals surface area (Å²) in [6.45, 7) is 0. The molecule has 1 aromatic rings. The van der Waals surface area contributed by atoms with Gasteiger partial charge in [-0.05, 0) is 6.07 Å². The first-order valence-electron chi connectivity index (χ1n) is 4.49. The van der Waals surface area contributed by atoms with Crippen molar-refractivity contribution < 1.29 is 13.2 Å². The summed E-state index contributed by atoms with van der Waals surface area (Å²) in [5.74, 6) is -0.572. The molecule has 0 saturated carbocycles. The second-order valence-corrected chi connectivity index (χ2v) is 6.30. The minimum atomic E-state index is -4.10. The minimum absolute atomic E-state index is 0.115. The van der Waals surface area contributed by atoms with Gasteiger partial charge in [0.2, 0.25) is 10.0 Å². The van der Waals surface area contributed by atoms with Crippen molar-refractivity contribution in [2.24, 2.45) is 5.14 Å². The minimum Gasteiger partial charge on any atom is -0.345 e. The van der Waals surface area contributed by atoms with Gasteiger partial charge >= 0.3 is 0 Å². The fourth-order valence-corrected chi connectivity index (χ4v) is 2.93. The van der Waals surface area contributed by atoms with E-state index in [9.17, 15) is 13.2 Å². The molecule has 0 fully saturated rings. The van der Waals surface area contributed by atoms with Crippen molar-refractivity contribution in [2.45, 2.75) is 4.90 Å².